The molecule has 8 nitrogen and oxygen atoms in total. The minimum Gasteiger partial charge on any atom is -0.481 e. The fourth-order valence-corrected chi connectivity index (χ4v) is 2.82. The van der Waals surface area contributed by atoms with Gasteiger partial charge in [0.15, 0.2) is 5.82 Å². The summed E-state index contributed by atoms with van der Waals surface area (Å²) >= 11 is 1.18. The van der Waals surface area contributed by atoms with Gasteiger partial charge in [-0.25, -0.2) is 0 Å². The number of benzene rings is 1. The van der Waals surface area contributed by atoms with Crippen molar-refractivity contribution in [1.82, 2.24) is 5.16 Å². The Morgan fingerprint density at radius 3 is 2.33 bits per heavy atom. The first kappa shape index (κ1) is 20.5. The monoisotopic (exact) mass is 391 g/mol. The van der Waals surface area contributed by atoms with E-state index in [9.17, 15) is 14.4 Å². The molecular formula is C18H21N3O5S. The molecule has 144 valence electrons. The Kier molecular flexibility index (Phi) is 7.42. The molecule has 1 heterocycles. The second-order valence-electron chi connectivity index (χ2n) is 6.05. The number of carboxylic acid groups (broad SMARTS) is 1. The van der Waals surface area contributed by atoms with Crippen molar-refractivity contribution in [2.75, 3.05) is 22.1 Å². The van der Waals surface area contributed by atoms with E-state index in [-0.39, 0.29) is 23.3 Å². The van der Waals surface area contributed by atoms with Crippen LogP contribution in [0.3, 0.4) is 0 Å². The van der Waals surface area contributed by atoms with Crippen LogP contribution in [0, 0.1) is 12.8 Å². The van der Waals surface area contributed by atoms with E-state index in [1.54, 1.807) is 44.2 Å². The molecule has 9 heteroatoms. The molecule has 0 bridgehead atoms. The third kappa shape index (κ3) is 7.14. The summed E-state index contributed by atoms with van der Waals surface area (Å²) in [6, 6.07) is 8.64. The molecule has 3 N–H and O–H groups in total. The molecule has 1 aromatic carbocycles. The van der Waals surface area contributed by atoms with Gasteiger partial charge in [0.05, 0.1) is 17.4 Å². The second kappa shape index (κ2) is 9.77. The van der Waals surface area contributed by atoms with Crippen molar-refractivity contribution in [2.45, 2.75) is 20.3 Å². The number of aromatic nitrogens is 1. The van der Waals surface area contributed by atoms with Crippen LogP contribution in [0.1, 0.15) is 18.2 Å². The summed E-state index contributed by atoms with van der Waals surface area (Å²) < 4.78 is 4.85. The van der Waals surface area contributed by atoms with Gasteiger partial charge in [-0.3, -0.25) is 14.4 Å². The molecule has 2 aromatic rings. The average molecular weight is 391 g/mol. The minimum atomic E-state index is -0.841. The number of hydrogen-bond donors (Lipinski definition) is 3. The Morgan fingerprint density at radius 1 is 1.15 bits per heavy atom. The van der Waals surface area contributed by atoms with E-state index in [2.05, 4.69) is 15.8 Å². The number of carboxylic acids is 1. The Labute approximate surface area is 160 Å². The summed E-state index contributed by atoms with van der Waals surface area (Å²) in [5, 5.41) is 17.9. The first-order valence-corrected chi connectivity index (χ1v) is 9.41. The maximum atomic E-state index is 11.9. The van der Waals surface area contributed by atoms with E-state index in [1.165, 1.54) is 11.8 Å². The van der Waals surface area contributed by atoms with Crippen LogP contribution in [0.4, 0.5) is 11.5 Å². The van der Waals surface area contributed by atoms with Gasteiger partial charge in [0.1, 0.15) is 5.76 Å². The van der Waals surface area contributed by atoms with Crippen LogP contribution in [0.5, 0.6) is 0 Å². The molecule has 0 fully saturated rings. The number of carbonyl (C=O) groups excluding carboxylic acids is 2. The van der Waals surface area contributed by atoms with Gasteiger partial charge in [-0.1, -0.05) is 24.2 Å². The normalized spacial score (nSPS) is 11.6. The third-order valence-corrected chi connectivity index (χ3v) is 4.50. The number of nitrogens with one attached hydrogen (secondary N) is 2. The predicted octanol–water partition coefficient (Wildman–Crippen LogP) is 2.56. The van der Waals surface area contributed by atoms with E-state index in [0.717, 1.165) is 5.56 Å². The maximum absolute atomic E-state index is 11.9. The summed E-state index contributed by atoms with van der Waals surface area (Å²) in [6.07, 6.45) is 0.430. The molecule has 0 aliphatic carbocycles. The van der Waals surface area contributed by atoms with Gasteiger partial charge in [0, 0.05) is 11.8 Å². The highest BCUT2D eigenvalue weighted by Crippen LogP contribution is 2.14. The standard InChI is InChI=1S/C18H21N3O5S/c1-11(18(24)25)7-13-3-5-14(6-4-13)19-16(22)9-27-10-17(23)20-15-8-12(2)26-21-15/h3-6,8,11H,7,9-10H2,1-2H3,(H,19,22)(H,24,25)(H,20,21,23). The second-order valence-corrected chi connectivity index (χ2v) is 7.04. The zero-order valence-electron chi connectivity index (χ0n) is 15.0. The molecular weight excluding hydrogens is 370 g/mol. The van der Waals surface area contributed by atoms with Gasteiger partial charge >= 0.3 is 5.97 Å². The SMILES string of the molecule is Cc1cc(NC(=O)CSCC(=O)Nc2ccc(CC(C)C(=O)O)cc2)no1. The number of anilines is 2. The lowest BCUT2D eigenvalue weighted by atomic mass is 10.0. The molecule has 2 amide bonds. The molecule has 0 spiro atoms. The first-order chi connectivity index (χ1) is 12.8. The maximum Gasteiger partial charge on any atom is 0.306 e. The number of aryl methyl sites for hydroxylation is 1. The molecule has 1 unspecified atom stereocenters. The Bertz CT molecular complexity index is 804. The molecule has 0 saturated heterocycles. The summed E-state index contributed by atoms with van der Waals surface area (Å²) in [4.78, 5) is 34.6. The number of amides is 2. The van der Waals surface area contributed by atoms with Crippen LogP contribution in [0.2, 0.25) is 0 Å². The molecule has 1 aromatic heterocycles. The molecule has 1 atom stereocenters. The number of thioether (sulfide) groups is 1. The number of hydrogen-bond acceptors (Lipinski definition) is 6. The zero-order valence-corrected chi connectivity index (χ0v) is 15.8. The fourth-order valence-electron chi connectivity index (χ4n) is 2.20. The number of carbonyl (C=O) groups is 3. The van der Waals surface area contributed by atoms with Gasteiger partial charge < -0.3 is 20.3 Å². The highest BCUT2D eigenvalue weighted by Gasteiger charge is 2.12. The highest BCUT2D eigenvalue weighted by atomic mass is 32.2. The lowest BCUT2D eigenvalue weighted by Crippen LogP contribution is -2.18. The van der Waals surface area contributed by atoms with Crippen molar-refractivity contribution in [2.24, 2.45) is 5.92 Å². The molecule has 2 rings (SSSR count). The van der Waals surface area contributed by atoms with Gasteiger partial charge in [0.25, 0.3) is 0 Å². The Morgan fingerprint density at radius 2 is 1.78 bits per heavy atom. The smallest absolute Gasteiger partial charge is 0.306 e. The van der Waals surface area contributed by atoms with Crippen LogP contribution in [0.15, 0.2) is 34.9 Å². The van der Waals surface area contributed by atoms with Gasteiger partial charge in [-0.2, -0.15) is 0 Å². The molecule has 0 aliphatic rings. The lowest BCUT2D eigenvalue weighted by Gasteiger charge is -2.08. The van der Waals surface area contributed by atoms with Crippen LogP contribution >= 0.6 is 11.8 Å². The topological polar surface area (TPSA) is 122 Å². The molecule has 0 saturated carbocycles. The van der Waals surface area contributed by atoms with Gasteiger partial charge in [0.2, 0.25) is 11.8 Å². The van der Waals surface area contributed by atoms with Crippen molar-refractivity contribution in [3.8, 4) is 0 Å². The van der Waals surface area contributed by atoms with Crippen molar-refractivity contribution < 1.29 is 24.0 Å². The van der Waals surface area contributed by atoms with Crippen molar-refractivity contribution in [1.29, 1.82) is 0 Å². The molecule has 27 heavy (non-hydrogen) atoms. The summed E-state index contributed by atoms with van der Waals surface area (Å²) in [5.41, 5.74) is 1.51. The van der Waals surface area contributed by atoms with E-state index in [0.29, 0.717) is 23.7 Å². The van der Waals surface area contributed by atoms with Crippen molar-refractivity contribution in [3.63, 3.8) is 0 Å². The largest absolute Gasteiger partial charge is 0.481 e. The van der Waals surface area contributed by atoms with Gasteiger partial charge in [-0.05, 0) is 31.0 Å². The quantitative estimate of drug-likeness (QED) is 0.600. The summed E-state index contributed by atoms with van der Waals surface area (Å²) in [7, 11) is 0. The third-order valence-electron chi connectivity index (χ3n) is 3.56. The molecule has 0 radical (unpaired) electrons. The summed E-state index contributed by atoms with van der Waals surface area (Å²) in [5.74, 6) is -0.606. The Balaban J connectivity index is 1.70. The summed E-state index contributed by atoms with van der Waals surface area (Å²) in [6.45, 7) is 3.37. The highest BCUT2D eigenvalue weighted by molar-refractivity contribution is 8.00. The number of nitrogens with zero attached hydrogens (tertiary/aromatic N) is 1. The van der Waals surface area contributed by atoms with E-state index < -0.39 is 11.9 Å². The Hall–Kier alpha value is -2.81. The van der Waals surface area contributed by atoms with Gasteiger partial charge in [-0.15, -0.1) is 11.8 Å². The van der Waals surface area contributed by atoms with Crippen LogP contribution in [-0.2, 0) is 20.8 Å². The van der Waals surface area contributed by atoms with Crippen LogP contribution in [-0.4, -0.2) is 39.6 Å². The average Bonchev–Trinajstić information content (AvgIpc) is 3.01. The zero-order chi connectivity index (χ0) is 19.8. The molecule has 0 aliphatic heterocycles. The van der Waals surface area contributed by atoms with Crippen molar-refractivity contribution in [3.05, 3.63) is 41.7 Å². The van der Waals surface area contributed by atoms with Crippen LogP contribution in [0.25, 0.3) is 0 Å². The lowest BCUT2D eigenvalue weighted by molar-refractivity contribution is -0.141. The van der Waals surface area contributed by atoms with E-state index >= 15 is 0 Å². The first-order valence-electron chi connectivity index (χ1n) is 8.26. The number of aliphatic carboxylic acids is 1. The predicted molar refractivity (Wildman–Crippen MR) is 103 cm³/mol. The fraction of sp³-hybridized carbons (Fsp3) is 0.333. The van der Waals surface area contributed by atoms with E-state index in [1.807, 2.05) is 0 Å². The van der Waals surface area contributed by atoms with Crippen LogP contribution < -0.4 is 10.6 Å². The van der Waals surface area contributed by atoms with E-state index in [4.69, 9.17) is 9.63 Å². The minimum absolute atomic E-state index is 0.116. The van der Waals surface area contributed by atoms with Crippen molar-refractivity contribution >= 4 is 41.1 Å². The number of rotatable bonds is 9.